The van der Waals surface area contributed by atoms with Gasteiger partial charge in [-0.25, -0.2) is 0 Å². The zero-order chi connectivity index (χ0) is 64.7. The van der Waals surface area contributed by atoms with E-state index in [0.717, 1.165) is 77.0 Å². The average Bonchev–Trinajstić information content (AvgIpc) is 1.40. The van der Waals surface area contributed by atoms with E-state index in [0.29, 0.717) is 6.42 Å². The third-order valence-electron chi connectivity index (χ3n) is 17.0. The standard InChI is InChI=1S/C70H123NO18/c1-3-5-7-9-11-13-14-15-16-17-18-19-20-21-22-23-24-25-26-27-28-29-30-31-32-33-34-35-36-37-38-40-42-44-46-48-58(76)71-53(54(75)47-45-43-41-39-12-10-8-6-4-2)52-84-68-64(82)61(79)66(56(50-73)86-68)89-70-65(83)62(80)67(57(51-74)87-70)88-69-63(81)60(78)59(77)55(49-72)85-69/h5,7,11,13,15-16,18-19,21-22,45,47,53-57,59-70,72-75,77-83H,3-4,6,8-10,12,14,17,20,23-44,46,48-52H2,1-2H3,(H,71,76)/b7-5-,13-11-,16-15-,19-18-,22-21-,47-45+. The maximum absolute atomic E-state index is 13.3. The number of nitrogens with one attached hydrogen (secondary N) is 1. The lowest BCUT2D eigenvalue weighted by Gasteiger charge is -2.48. The van der Waals surface area contributed by atoms with Gasteiger partial charge in [0.05, 0.1) is 38.6 Å². The summed E-state index contributed by atoms with van der Waals surface area (Å²) in [6.07, 6.45) is 37.8. The SMILES string of the molecule is CC/C=C\C/C=C\C/C=C\C/C=C\C/C=C\CCCCCCCCCCCCCCCCCCCCCC(=O)NC(COC1OC(CO)C(OC2OC(CO)C(OC3OC(CO)C(O)C(O)C3O)C(O)C2O)C(O)C1O)C(O)/C=C/CCCCCCCCC. The van der Waals surface area contributed by atoms with E-state index in [-0.39, 0.29) is 18.9 Å². The number of hydrogen-bond donors (Lipinski definition) is 12. The Kier molecular flexibility index (Phi) is 46.7. The highest BCUT2D eigenvalue weighted by Crippen LogP contribution is 2.33. The van der Waals surface area contributed by atoms with Gasteiger partial charge in [-0.3, -0.25) is 4.79 Å². The number of aliphatic hydroxyl groups is 11. The minimum atomic E-state index is -1.98. The Labute approximate surface area is 534 Å². The molecular formula is C70H123NO18. The van der Waals surface area contributed by atoms with E-state index < -0.39 is 124 Å². The predicted octanol–water partition coefficient (Wildman–Crippen LogP) is 8.94. The fourth-order valence-corrected chi connectivity index (χ4v) is 11.4. The molecule has 19 heteroatoms. The third-order valence-corrected chi connectivity index (χ3v) is 17.0. The van der Waals surface area contributed by atoms with E-state index in [4.69, 9.17) is 28.4 Å². The molecule has 3 aliphatic rings. The van der Waals surface area contributed by atoms with Crippen molar-refractivity contribution in [1.29, 1.82) is 0 Å². The van der Waals surface area contributed by atoms with Crippen LogP contribution in [0.5, 0.6) is 0 Å². The lowest BCUT2D eigenvalue weighted by Crippen LogP contribution is -2.66. The molecule has 0 spiro atoms. The van der Waals surface area contributed by atoms with Crippen LogP contribution in [-0.2, 0) is 33.2 Å². The molecule has 0 aromatic heterocycles. The molecule has 12 N–H and O–H groups in total. The van der Waals surface area contributed by atoms with Crippen molar-refractivity contribution in [3.8, 4) is 0 Å². The van der Waals surface area contributed by atoms with E-state index in [1.165, 1.54) is 128 Å². The van der Waals surface area contributed by atoms with Gasteiger partial charge in [-0.1, -0.05) is 234 Å². The van der Waals surface area contributed by atoms with E-state index >= 15 is 0 Å². The van der Waals surface area contributed by atoms with Crippen molar-refractivity contribution in [2.45, 2.75) is 336 Å². The number of aliphatic hydroxyl groups excluding tert-OH is 11. The van der Waals surface area contributed by atoms with Crippen molar-refractivity contribution in [1.82, 2.24) is 5.32 Å². The molecule has 0 bridgehead atoms. The van der Waals surface area contributed by atoms with Gasteiger partial charge >= 0.3 is 0 Å². The topological polar surface area (TPSA) is 307 Å². The summed E-state index contributed by atoms with van der Waals surface area (Å²) in [5.74, 6) is -0.278. The number of hydrogen-bond acceptors (Lipinski definition) is 18. The van der Waals surface area contributed by atoms with Gasteiger partial charge in [0.2, 0.25) is 5.91 Å². The van der Waals surface area contributed by atoms with Gasteiger partial charge in [0.15, 0.2) is 18.9 Å². The number of ether oxygens (including phenoxy) is 6. The molecule has 3 saturated heterocycles. The Hall–Kier alpha value is -2.77. The molecule has 0 aromatic carbocycles. The first kappa shape index (κ1) is 80.5. The van der Waals surface area contributed by atoms with Crippen molar-refractivity contribution in [3.05, 3.63) is 72.9 Å². The van der Waals surface area contributed by atoms with Gasteiger partial charge in [0.25, 0.3) is 0 Å². The summed E-state index contributed by atoms with van der Waals surface area (Å²) >= 11 is 0. The number of rotatable bonds is 52. The second-order valence-corrected chi connectivity index (χ2v) is 24.6. The molecule has 0 saturated carbocycles. The monoisotopic (exact) mass is 1270 g/mol. The first-order chi connectivity index (χ1) is 43.3. The van der Waals surface area contributed by atoms with Crippen molar-refractivity contribution < 1.29 is 89.4 Å². The second kappa shape index (κ2) is 51.6. The van der Waals surface area contributed by atoms with Crippen LogP contribution in [0.3, 0.4) is 0 Å². The zero-order valence-corrected chi connectivity index (χ0v) is 54.4. The number of unbranched alkanes of at least 4 members (excludes halogenated alkanes) is 26. The fraction of sp³-hybridized carbons (Fsp3) is 0.814. The van der Waals surface area contributed by atoms with Gasteiger partial charge < -0.3 is 89.9 Å². The van der Waals surface area contributed by atoms with Crippen molar-refractivity contribution in [2.24, 2.45) is 0 Å². The minimum absolute atomic E-state index is 0.242. The molecule has 1 amide bonds. The largest absolute Gasteiger partial charge is 0.394 e. The van der Waals surface area contributed by atoms with E-state index in [2.05, 4.69) is 79.9 Å². The molecule has 3 fully saturated rings. The van der Waals surface area contributed by atoms with Crippen LogP contribution in [0.4, 0.5) is 0 Å². The molecule has 3 rings (SSSR count). The number of amides is 1. The highest BCUT2D eigenvalue weighted by molar-refractivity contribution is 5.76. The van der Waals surface area contributed by atoms with Crippen molar-refractivity contribution in [3.63, 3.8) is 0 Å². The molecule has 19 nitrogen and oxygen atoms in total. The number of allylic oxidation sites excluding steroid dienone is 11. The lowest BCUT2D eigenvalue weighted by molar-refractivity contribution is -0.379. The smallest absolute Gasteiger partial charge is 0.220 e. The Balaban J connectivity index is 1.31. The van der Waals surface area contributed by atoms with Gasteiger partial charge in [0.1, 0.15) is 73.2 Å². The van der Waals surface area contributed by atoms with Crippen LogP contribution >= 0.6 is 0 Å². The van der Waals surface area contributed by atoms with Crippen LogP contribution in [-0.4, -0.2) is 193 Å². The van der Waals surface area contributed by atoms with Crippen LogP contribution < -0.4 is 5.32 Å². The Morgan fingerprint density at radius 2 is 0.775 bits per heavy atom. The lowest BCUT2D eigenvalue weighted by atomic mass is 9.96. The first-order valence-corrected chi connectivity index (χ1v) is 34.7. The molecule has 17 unspecified atom stereocenters. The molecular weight excluding hydrogens is 1140 g/mol. The van der Waals surface area contributed by atoms with Crippen LogP contribution in [0.1, 0.15) is 232 Å². The third kappa shape index (κ3) is 33.8. The van der Waals surface area contributed by atoms with Crippen molar-refractivity contribution >= 4 is 5.91 Å². The molecule has 3 aliphatic heterocycles. The van der Waals surface area contributed by atoms with Gasteiger partial charge in [0, 0.05) is 6.42 Å². The normalized spacial score (nSPS) is 28.7. The molecule has 516 valence electrons. The summed E-state index contributed by atoms with van der Waals surface area (Å²) in [6.45, 7) is 1.57. The quantitative estimate of drug-likeness (QED) is 0.0200. The summed E-state index contributed by atoms with van der Waals surface area (Å²) in [7, 11) is 0. The Morgan fingerprint density at radius 1 is 0.416 bits per heavy atom. The molecule has 3 heterocycles. The predicted molar refractivity (Wildman–Crippen MR) is 346 cm³/mol. The Bertz CT molecular complexity index is 1900. The second-order valence-electron chi connectivity index (χ2n) is 24.6. The highest BCUT2D eigenvalue weighted by atomic mass is 16.8. The molecule has 0 radical (unpaired) electrons. The van der Waals surface area contributed by atoms with Crippen molar-refractivity contribution in [2.75, 3.05) is 26.4 Å². The van der Waals surface area contributed by atoms with E-state index in [1.54, 1.807) is 6.08 Å². The van der Waals surface area contributed by atoms with Gasteiger partial charge in [-0.2, -0.15) is 0 Å². The van der Waals surface area contributed by atoms with Crippen LogP contribution in [0.15, 0.2) is 72.9 Å². The zero-order valence-electron chi connectivity index (χ0n) is 54.4. The average molecular weight is 1270 g/mol. The molecule has 89 heavy (non-hydrogen) atoms. The van der Waals surface area contributed by atoms with E-state index in [1.807, 2.05) is 6.08 Å². The van der Waals surface area contributed by atoms with Gasteiger partial charge in [-0.15, -0.1) is 0 Å². The number of carbonyl (C=O) groups is 1. The maximum Gasteiger partial charge on any atom is 0.220 e. The highest BCUT2D eigenvalue weighted by Gasteiger charge is 2.53. The van der Waals surface area contributed by atoms with E-state index in [9.17, 15) is 61.0 Å². The Morgan fingerprint density at radius 3 is 1.21 bits per heavy atom. The maximum atomic E-state index is 13.3. The fourth-order valence-electron chi connectivity index (χ4n) is 11.4. The molecule has 0 aromatic rings. The first-order valence-electron chi connectivity index (χ1n) is 34.7. The van der Waals surface area contributed by atoms with Crippen LogP contribution in [0, 0.1) is 0 Å². The molecule has 0 aliphatic carbocycles. The summed E-state index contributed by atoms with van der Waals surface area (Å²) in [4.78, 5) is 13.3. The minimum Gasteiger partial charge on any atom is -0.394 e. The number of carbonyl (C=O) groups excluding carboxylic acids is 1. The summed E-state index contributed by atoms with van der Waals surface area (Å²) < 4.78 is 34.2. The van der Waals surface area contributed by atoms with Crippen LogP contribution in [0.25, 0.3) is 0 Å². The summed E-state index contributed by atoms with van der Waals surface area (Å²) in [6, 6.07) is -0.972. The summed E-state index contributed by atoms with van der Waals surface area (Å²) in [5, 5.41) is 120. The molecule has 17 atom stereocenters. The summed E-state index contributed by atoms with van der Waals surface area (Å²) in [5.41, 5.74) is 0. The van der Waals surface area contributed by atoms with Gasteiger partial charge in [-0.05, 0) is 64.2 Å². The van der Waals surface area contributed by atoms with Crippen LogP contribution in [0.2, 0.25) is 0 Å².